The fourth-order valence-corrected chi connectivity index (χ4v) is 3.75. The van der Waals surface area contributed by atoms with Gasteiger partial charge >= 0.3 is 0 Å². The average Bonchev–Trinajstić information content (AvgIpc) is 2.76. The predicted octanol–water partition coefficient (Wildman–Crippen LogP) is 1.98. The maximum atomic E-state index is 10.9. The van der Waals surface area contributed by atoms with Crippen molar-refractivity contribution in [1.29, 1.82) is 0 Å². The lowest BCUT2D eigenvalue weighted by Crippen LogP contribution is -2.34. The molecular weight excluding hydrogens is 200 g/mol. The molecule has 2 saturated carbocycles. The molecule has 16 heavy (non-hydrogen) atoms. The molecule has 0 saturated heterocycles. The number of nitrogens with two attached hydrogens (primary N) is 1. The molecule has 0 aliphatic heterocycles. The van der Waals surface area contributed by atoms with Crippen molar-refractivity contribution in [3.8, 4) is 0 Å². The third-order valence-electron chi connectivity index (χ3n) is 4.44. The third-order valence-corrected chi connectivity index (χ3v) is 4.44. The van der Waals surface area contributed by atoms with Crippen molar-refractivity contribution >= 4 is 5.82 Å². The number of nitrogens with zero attached hydrogens (tertiary/aromatic N) is 1. The van der Waals surface area contributed by atoms with E-state index in [4.69, 9.17) is 5.73 Å². The monoisotopic (exact) mass is 218 g/mol. The summed E-state index contributed by atoms with van der Waals surface area (Å²) in [5.74, 6) is 1.59. The Morgan fingerprint density at radius 3 is 2.88 bits per heavy atom. The number of nitrogen functional groups attached to an aromatic ring is 1. The molecule has 3 unspecified atom stereocenters. The van der Waals surface area contributed by atoms with Crippen LogP contribution in [0.4, 0.5) is 5.82 Å². The van der Waals surface area contributed by atoms with Gasteiger partial charge in [0.25, 0.3) is 0 Å². The lowest BCUT2D eigenvalue weighted by atomic mass is 9.77. The Labute approximate surface area is 95.7 Å². The van der Waals surface area contributed by atoms with Crippen LogP contribution < -0.4 is 5.73 Å². The second-order valence-electron chi connectivity index (χ2n) is 5.39. The van der Waals surface area contributed by atoms with Crippen LogP contribution in [0.15, 0.2) is 12.3 Å². The van der Waals surface area contributed by atoms with Crippen molar-refractivity contribution in [3.05, 3.63) is 23.4 Å². The van der Waals surface area contributed by atoms with Gasteiger partial charge in [-0.15, -0.1) is 0 Å². The fraction of sp³-hybridized carbons (Fsp3) is 0.615. The molecule has 0 radical (unpaired) electrons. The van der Waals surface area contributed by atoms with Gasteiger partial charge in [-0.05, 0) is 56.1 Å². The van der Waals surface area contributed by atoms with E-state index in [0.29, 0.717) is 17.7 Å². The highest BCUT2D eigenvalue weighted by atomic mass is 16.3. The fourth-order valence-electron chi connectivity index (χ4n) is 3.75. The van der Waals surface area contributed by atoms with Gasteiger partial charge in [0.2, 0.25) is 0 Å². The summed E-state index contributed by atoms with van der Waals surface area (Å²) in [5, 5.41) is 10.9. The van der Waals surface area contributed by atoms with Gasteiger partial charge in [-0.2, -0.15) is 0 Å². The molecule has 3 rings (SSSR count). The number of aliphatic hydroxyl groups is 1. The minimum atomic E-state index is -0.703. The minimum absolute atomic E-state index is 0.391. The first-order chi connectivity index (χ1) is 7.61. The van der Waals surface area contributed by atoms with E-state index in [1.54, 1.807) is 6.20 Å². The van der Waals surface area contributed by atoms with Crippen LogP contribution in [0, 0.1) is 18.8 Å². The standard InChI is InChI=1S/C13H18N2O/c1-8-4-5-15-12(14)11(8)13(16)7-9-2-3-10(13)6-9/h4-5,9-10,16H,2-3,6-7H2,1H3,(H2,14,15). The Morgan fingerprint density at radius 1 is 1.50 bits per heavy atom. The van der Waals surface area contributed by atoms with E-state index in [1.807, 2.05) is 13.0 Å². The molecule has 0 amide bonds. The second-order valence-corrected chi connectivity index (χ2v) is 5.39. The van der Waals surface area contributed by atoms with Crippen LogP contribution in [-0.4, -0.2) is 10.1 Å². The summed E-state index contributed by atoms with van der Waals surface area (Å²) in [7, 11) is 0. The quantitative estimate of drug-likeness (QED) is 0.757. The van der Waals surface area contributed by atoms with Gasteiger partial charge in [-0.3, -0.25) is 0 Å². The molecule has 1 heterocycles. The smallest absolute Gasteiger partial charge is 0.129 e. The van der Waals surface area contributed by atoms with E-state index in [-0.39, 0.29) is 0 Å². The number of hydrogen-bond acceptors (Lipinski definition) is 3. The molecule has 3 heteroatoms. The van der Waals surface area contributed by atoms with E-state index in [2.05, 4.69) is 4.98 Å². The van der Waals surface area contributed by atoms with E-state index < -0.39 is 5.60 Å². The summed E-state index contributed by atoms with van der Waals surface area (Å²) in [6.07, 6.45) is 6.14. The van der Waals surface area contributed by atoms with E-state index in [1.165, 1.54) is 6.42 Å². The summed E-state index contributed by atoms with van der Waals surface area (Å²) >= 11 is 0. The minimum Gasteiger partial charge on any atom is -0.385 e. The van der Waals surface area contributed by atoms with Gasteiger partial charge in [0.05, 0.1) is 5.60 Å². The van der Waals surface area contributed by atoms with E-state index in [0.717, 1.165) is 30.4 Å². The number of anilines is 1. The molecule has 3 nitrogen and oxygen atoms in total. The van der Waals surface area contributed by atoms with Crippen LogP contribution >= 0.6 is 0 Å². The van der Waals surface area contributed by atoms with Gasteiger partial charge in [0.15, 0.2) is 0 Å². The maximum absolute atomic E-state index is 10.9. The number of hydrogen-bond donors (Lipinski definition) is 2. The summed E-state index contributed by atoms with van der Waals surface area (Å²) in [6, 6.07) is 1.94. The molecular formula is C13H18N2O. The van der Waals surface area contributed by atoms with Crippen LogP contribution in [0.2, 0.25) is 0 Å². The lowest BCUT2D eigenvalue weighted by Gasteiger charge is -2.34. The van der Waals surface area contributed by atoms with Gasteiger partial charge in [-0.1, -0.05) is 0 Å². The number of pyridine rings is 1. The molecule has 2 aliphatic rings. The molecule has 2 bridgehead atoms. The third kappa shape index (κ3) is 1.21. The van der Waals surface area contributed by atoms with Gasteiger partial charge in [-0.25, -0.2) is 4.98 Å². The largest absolute Gasteiger partial charge is 0.385 e. The topological polar surface area (TPSA) is 59.1 Å². The van der Waals surface area contributed by atoms with Crippen molar-refractivity contribution in [2.24, 2.45) is 11.8 Å². The Morgan fingerprint density at radius 2 is 2.31 bits per heavy atom. The second kappa shape index (κ2) is 3.20. The number of fused-ring (bicyclic) bond motifs is 2. The van der Waals surface area contributed by atoms with Gasteiger partial charge < -0.3 is 10.8 Å². The maximum Gasteiger partial charge on any atom is 0.129 e. The summed E-state index contributed by atoms with van der Waals surface area (Å²) in [6.45, 7) is 2.01. The Balaban J connectivity index is 2.10. The SMILES string of the molecule is Cc1ccnc(N)c1C1(O)CC2CCC1C2. The van der Waals surface area contributed by atoms with Crippen molar-refractivity contribution < 1.29 is 5.11 Å². The molecule has 3 N–H and O–H groups in total. The first-order valence-electron chi connectivity index (χ1n) is 6.05. The highest BCUT2D eigenvalue weighted by Crippen LogP contribution is 2.56. The average molecular weight is 218 g/mol. The zero-order valence-electron chi connectivity index (χ0n) is 9.61. The predicted molar refractivity (Wildman–Crippen MR) is 62.7 cm³/mol. The zero-order valence-corrected chi connectivity index (χ0v) is 9.61. The van der Waals surface area contributed by atoms with Crippen LogP contribution in [0.25, 0.3) is 0 Å². The number of aromatic nitrogens is 1. The van der Waals surface area contributed by atoms with Crippen LogP contribution in [0.3, 0.4) is 0 Å². The van der Waals surface area contributed by atoms with E-state index in [9.17, 15) is 5.11 Å². The van der Waals surface area contributed by atoms with Crippen molar-refractivity contribution in [2.45, 2.75) is 38.2 Å². The zero-order chi connectivity index (χ0) is 11.3. The molecule has 1 aromatic heterocycles. The number of rotatable bonds is 1. The molecule has 3 atom stereocenters. The highest BCUT2D eigenvalue weighted by Gasteiger charge is 2.52. The van der Waals surface area contributed by atoms with Crippen LogP contribution in [-0.2, 0) is 5.60 Å². The first-order valence-corrected chi connectivity index (χ1v) is 6.05. The van der Waals surface area contributed by atoms with Gasteiger partial charge in [0.1, 0.15) is 5.82 Å². The highest BCUT2D eigenvalue weighted by molar-refractivity contribution is 5.49. The number of aryl methyl sites for hydroxylation is 1. The van der Waals surface area contributed by atoms with Crippen molar-refractivity contribution in [1.82, 2.24) is 4.98 Å². The Hall–Kier alpha value is -1.09. The molecule has 0 spiro atoms. The molecule has 2 fully saturated rings. The Kier molecular flexibility index (Phi) is 2.02. The summed E-state index contributed by atoms with van der Waals surface area (Å²) in [5.41, 5.74) is 7.21. The lowest BCUT2D eigenvalue weighted by molar-refractivity contribution is -0.0183. The molecule has 1 aromatic rings. The summed E-state index contributed by atoms with van der Waals surface area (Å²) in [4.78, 5) is 4.13. The normalized spacial score (nSPS) is 36.9. The molecule has 0 aromatic carbocycles. The summed E-state index contributed by atoms with van der Waals surface area (Å²) < 4.78 is 0. The Bertz CT molecular complexity index is 412. The molecule has 2 aliphatic carbocycles. The van der Waals surface area contributed by atoms with Gasteiger partial charge in [0, 0.05) is 11.8 Å². The van der Waals surface area contributed by atoms with Crippen molar-refractivity contribution in [2.75, 3.05) is 5.73 Å². The molecule has 86 valence electrons. The van der Waals surface area contributed by atoms with Crippen LogP contribution in [0.1, 0.15) is 36.8 Å². The van der Waals surface area contributed by atoms with E-state index >= 15 is 0 Å². The van der Waals surface area contributed by atoms with Crippen LogP contribution in [0.5, 0.6) is 0 Å². The van der Waals surface area contributed by atoms with Crippen molar-refractivity contribution in [3.63, 3.8) is 0 Å². The first kappa shape index (κ1) is 10.1.